The van der Waals surface area contributed by atoms with E-state index >= 15 is 0 Å². The maximum Gasteiger partial charge on any atom is 0.127 e. The first-order valence-electron chi connectivity index (χ1n) is 7.19. The molecule has 0 aliphatic heterocycles. The van der Waals surface area contributed by atoms with Crippen LogP contribution in [0, 0.1) is 5.82 Å². The number of likely N-dealkylation sites (N-methyl/N-ethyl adjacent to an activating group) is 1. The quantitative estimate of drug-likeness (QED) is 0.815. The van der Waals surface area contributed by atoms with Gasteiger partial charge in [-0.1, -0.05) is 38.5 Å². The third-order valence-corrected chi connectivity index (χ3v) is 4.44. The Morgan fingerprint density at radius 1 is 1.32 bits per heavy atom. The maximum atomic E-state index is 13.9. The molecule has 0 fully saturated rings. The second-order valence-electron chi connectivity index (χ2n) is 5.34. The van der Waals surface area contributed by atoms with Crippen LogP contribution in [0.5, 0.6) is 0 Å². The predicted octanol–water partition coefficient (Wildman–Crippen LogP) is 3.73. The van der Waals surface area contributed by atoms with Crippen molar-refractivity contribution in [3.63, 3.8) is 0 Å². The minimum absolute atomic E-state index is 0.0243. The number of hydrogen-bond donors (Lipinski definition) is 1. The summed E-state index contributed by atoms with van der Waals surface area (Å²) in [6, 6.07) is 7.03. The summed E-state index contributed by atoms with van der Waals surface area (Å²) in [4.78, 5) is 2.24. The second kappa shape index (κ2) is 7.01. The zero-order valence-electron chi connectivity index (χ0n) is 12.6. The molecule has 0 saturated heterocycles. The van der Waals surface area contributed by atoms with E-state index in [9.17, 15) is 4.39 Å². The molecule has 0 saturated carbocycles. The molecule has 2 unspecified atom stereocenters. The molecule has 0 bridgehead atoms. The Morgan fingerprint density at radius 2 is 1.95 bits per heavy atom. The van der Waals surface area contributed by atoms with Crippen molar-refractivity contribution in [2.75, 3.05) is 13.6 Å². The van der Waals surface area contributed by atoms with Crippen molar-refractivity contribution in [2.24, 2.45) is 5.73 Å². The smallest absolute Gasteiger partial charge is 0.127 e. The van der Waals surface area contributed by atoms with Crippen LogP contribution in [-0.2, 0) is 0 Å². The maximum absolute atomic E-state index is 13.9. The highest BCUT2D eigenvalue weighted by Gasteiger charge is 2.34. The fraction of sp³-hybridized carbons (Fsp3) is 0.625. The van der Waals surface area contributed by atoms with Crippen LogP contribution in [0.2, 0.25) is 0 Å². The van der Waals surface area contributed by atoms with Crippen molar-refractivity contribution in [3.8, 4) is 0 Å². The highest BCUT2D eigenvalue weighted by atomic mass is 19.1. The molecule has 0 heterocycles. The molecular weight excluding hydrogens is 239 g/mol. The summed E-state index contributed by atoms with van der Waals surface area (Å²) in [5.74, 6) is -0.139. The standard InChI is InChI=1S/C16H27FN2/c1-5-11-16(6-2,12-18)19(4)13(3)14-9-7-8-10-15(14)17/h7-10,13H,5-6,11-12,18H2,1-4H3. The highest BCUT2D eigenvalue weighted by Crippen LogP contribution is 2.32. The largest absolute Gasteiger partial charge is 0.329 e. The highest BCUT2D eigenvalue weighted by molar-refractivity contribution is 5.21. The lowest BCUT2D eigenvalue weighted by Crippen LogP contribution is -2.52. The molecule has 0 aliphatic rings. The van der Waals surface area contributed by atoms with Gasteiger partial charge in [-0.05, 0) is 32.9 Å². The molecule has 1 aromatic rings. The molecule has 1 rings (SSSR count). The van der Waals surface area contributed by atoms with Gasteiger partial charge in [0.1, 0.15) is 5.82 Å². The number of halogens is 1. The van der Waals surface area contributed by atoms with Gasteiger partial charge in [-0.2, -0.15) is 0 Å². The molecule has 19 heavy (non-hydrogen) atoms. The van der Waals surface area contributed by atoms with E-state index in [1.165, 1.54) is 6.07 Å². The van der Waals surface area contributed by atoms with Crippen LogP contribution < -0.4 is 5.73 Å². The van der Waals surface area contributed by atoms with Gasteiger partial charge in [-0.25, -0.2) is 4.39 Å². The Balaban J connectivity index is 3.03. The second-order valence-corrected chi connectivity index (χ2v) is 5.34. The van der Waals surface area contributed by atoms with E-state index in [0.717, 1.165) is 24.8 Å². The van der Waals surface area contributed by atoms with Gasteiger partial charge in [0.25, 0.3) is 0 Å². The number of benzene rings is 1. The topological polar surface area (TPSA) is 29.3 Å². The summed E-state index contributed by atoms with van der Waals surface area (Å²) < 4.78 is 13.9. The summed E-state index contributed by atoms with van der Waals surface area (Å²) in [5.41, 5.74) is 6.72. The third kappa shape index (κ3) is 3.34. The van der Waals surface area contributed by atoms with E-state index in [1.807, 2.05) is 19.1 Å². The summed E-state index contributed by atoms with van der Waals surface area (Å²) in [6.07, 6.45) is 3.10. The molecule has 0 amide bonds. The normalized spacial score (nSPS) is 16.4. The van der Waals surface area contributed by atoms with E-state index in [0.29, 0.717) is 6.54 Å². The van der Waals surface area contributed by atoms with E-state index in [1.54, 1.807) is 6.07 Å². The van der Waals surface area contributed by atoms with Crippen molar-refractivity contribution in [3.05, 3.63) is 35.6 Å². The van der Waals surface area contributed by atoms with Crippen molar-refractivity contribution in [2.45, 2.75) is 51.6 Å². The molecule has 0 radical (unpaired) electrons. The zero-order valence-corrected chi connectivity index (χ0v) is 12.6. The minimum Gasteiger partial charge on any atom is -0.329 e. The monoisotopic (exact) mass is 266 g/mol. The van der Waals surface area contributed by atoms with Crippen LogP contribution in [0.4, 0.5) is 4.39 Å². The van der Waals surface area contributed by atoms with Crippen LogP contribution in [0.15, 0.2) is 24.3 Å². The van der Waals surface area contributed by atoms with E-state index < -0.39 is 0 Å². The van der Waals surface area contributed by atoms with Gasteiger partial charge in [0.2, 0.25) is 0 Å². The molecule has 1 aromatic carbocycles. The summed E-state index contributed by atoms with van der Waals surface area (Å²) in [7, 11) is 2.06. The molecule has 0 aliphatic carbocycles. The SMILES string of the molecule is CCCC(CC)(CN)N(C)C(C)c1ccccc1F. The number of nitrogens with zero attached hydrogens (tertiary/aromatic N) is 1. The Kier molecular flexibility index (Phi) is 5.95. The summed E-state index contributed by atoms with van der Waals surface area (Å²) in [6.45, 7) is 6.98. The van der Waals surface area contributed by atoms with Gasteiger partial charge in [0.15, 0.2) is 0 Å². The van der Waals surface area contributed by atoms with Crippen molar-refractivity contribution < 1.29 is 4.39 Å². The summed E-state index contributed by atoms with van der Waals surface area (Å²) in [5, 5.41) is 0. The Hall–Kier alpha value is -0.930. The van der Waals surface area contributed by atoms with Gasteiger partial charge in [-0.3, -0.25) is 4.90 Å². The minimum atomic E-state index is -0.139. The van der Waals surface area contributed by atoms with E-state index in [-0.39, 0.29) is 17.4 Å². The Labute approximate surface area is 116 Å². The van der Waals surface area contributed by atoms with E-state index in [4.69, 9.17) is 5.73 Å². The lowest BCUT2D eigenvalue weighted by atomic mass is 9.87. The zero-order chi connectivity index (χ0) is 14.5. The average molecular weight is 266 g/mol. The van der Waals surface area contributed by atoms with Crippen molar-refractivity contribution in [1.29, 1.82) is 0 Å². The van der Waals surface area contributed by atoms with E-state index in [2.05, 4.69) is 25.8 Å². The van der Waals surface area contributed by atoms with Gasteiger partial charge >= 0.3 is 0 Å². The van der Waals surface area contributed by atoms with Crippen molar-refractivity contribution in [1.82, 2.24) is 4.90 Å². The first kappa shape index (κ1) is 16.1. The number of nitrogens with two attached hydrogens (primary N) is 1. The number of rotatable bonds is 7. The molecule has 2 N–H and O–H groups in total. The summed E-state index contributed by atoms with van der Waals surface area (Å²) >= 11 is 0. The lowest BCUT2D eigenvalue weighted by Gasteiger charge is -2.44. The van der Waals surface area contributed by atoms with Gasteiger partial charge in [0.05, 0.1) is 0 Å². The van der Waals surface area contributed by atoms with Crippen LogP contribution in [0.25, 0.3) is 0 Å². The first-order chi connectivity index (χ1) is 9.02. The molecule has 108 valence electrons. The fourth-order valence-corrected chi connectivity index (χ4v) is 2.89. The Bertz CT molecular complexity index is 388. The van der Waals surface area contributed by atoms with Gasteiger partial charge < -0.3 is 5.73 Å². The van der Waals surface area contributed by atoms with Crippen LogP contribution in [0.1, 0.15) is 51.6 Å². The molecule has 2 atom stereocenters. The lowest BCUT2D eigenvalue weighted by molar-refractivity contribution is 0.0693. The van der Waals surface area contributed by atoms with Crippen LogP contribution in [-0.4, -0.2) is 24.0 Å². The molecule has 2 nitrogen and oxygen atoms in total. The molecule has 0 aromatic heterocycles. The molecule has 0 spiro atoms. The Morgan fingerprint density at radius 3 is 2.42 bits per heavy atom. The molecule has 3 heteroatoms. The van der Waals surface area contributed by atoms with Crippen LogP contribution in [0.3, 0.4) is 0 Å². The first-order valence-corrected chi connectivity index (χ1v) is 7.19. The van der Waals surface area contributed by atoms with Crippen LogP contribution >= 0.6 is 0 Å². The van der Waals surface area contributed by atoms with Gasteiger partial charge in [-0.15, -0.1) is 0 Å². The average Bonchev–Trinajstić information content (AvgIpc) is 2.44. The van der Waals surface area contributed by atoms with Gasteiger partial charge in [0, 0.05) is 23.7 Å². The third-order valence-electron chi connectivity index (χ3n) is 4.44. The predicted molar refractivity (Wildman–Crippen MR) is 79.6 cm³/mol. The number of hydrogen-bond acceptors (Lipinski definition) is 2. The fourth-order valence-electron chi connectivity index (χ4n) is 2.89. The van der Waals surface area contributed by atoms with Crippen molar-refractivity contribution >= 4 is 0 Å². The molecular formula is C16H27FN2.